The van der Waals surface area contributed by atoms with Crippen LogP contribution in [0.2, 0.25) is 0 Å². The van der Waals surface area contributed by atoms with Crippen molar-refractivity contribution in [2.24, 2.45) is 16.8 Å². The monoisotopic (exact) mass is 408 g/mol. The minimum atomic E-state index is 0. The van der Waals surface area contributed by atoms with Gasteiger partial charge in [0.05, 0.1) is 0 Å². The molecule has 0 radical (unpaired) electrons. The average molecular weight is 408 g/mol. The molecule has 0 amide bonds. The van der Waals surface area contributed by atoms with Crippen LogP contribution >= 0.6 is 24.0 Å². The van der Waals surface area contributed by atoms with Gasteiger partial charge in [0.15, 0.2) is 5.96 Å². The summed E-state index contributed by atoms with van der Waals surface area (Å²) in [5.74, 6) is 2.91. The summed E-state index contributed by atoms with van der Waals surface area (Å²) < 4.78 is 0. The molecule has 2 fully saturated rings. The van der Waals surface area contributed by atoms with Gasteiger partial charge in [-0.3, -0.25) is 9.89 Å². The highest BCUT2D eigenvalue weighted by atomic mass is 127. The predicted octanol–water partition coefficient (Wildman–Crippen LogP) is 2.64. The minimum absolute atomic E-state index is 0. The van der Waals surface area contributed by atoms with E-state index < -0.39 is 0 Å². The van der Waals surface area contributed by atoms with Gasteiger partial charge >= 0.3 is 0 Å². The molecule has 4 nitrogen and oxygen atoms in total. The van der Waals surface area contributed by atoms with E-state index in [1.165, 1.54) is 45.3 Å². The lowest BCUT2D eigenvalue weighted by Crippen LogP contribution is -2.53. The average Bonchev–Trinajstić information content (AvgIpc) is 3.24. The van der Waals surface area contributed by atoms with Crippen LogP contribution in [0.25, 0.3) is 0 Å². The van der Waals surface area contributed by atoms with Crippen molar-refractivity contribution in [2.75, 3.05) is 46.3 Å². The normalized spacial score (nSPS) is 20.6. The molecular formula is C16H33IN4. The summed E-state index contributed by atoms with van der Waals surface area (Å²) in [5.41, 5.74) is 0. The van der Waals surface area contributed by atoms with Crippen LogP contribution in [0, 0.1) is 11.8 Å². The molecule has 1 saturated carbocycles. The van der Waals surface area contributed by atoms with E-state index in [4.69, 9.17) is 0 Å². The highest BCUT2D eigenvalue weighted by Crippen LogP contribution is 2.33. The second kappa shape index (κ2) is 9.87. The summed E-state index contributed by atoms with van der Waals surface area (Å²) >= 11 is 0. The third kappa shape index (κ3) is 7.17. The highest BCUT2D eigenvalue weighted by Gasteiger charge is 2.21. The lowest BCUT2D eigenvalue weighted by atomic mass is 10.2. The Morgan fingerprint density at radius 1 is 1.19 bits per heavy atom. The molecule has 2 aliphatic rings. The van der Waals surface area contributed by atoms with Crippen LogP contribution < -0.4 is 5.32 Å². The third-order valence-corrected chi connectivity index (χ3v) is 4.28. The van der Waals surface area contributed by atoms with Crippen LogP contribution in [0.1, 0.15) is 39.5 Å². The highest BCUT2D eigenvalue weighted by molar-refractivity contribution is 14.0. The van der Waals surface area contributed by atoms with Crippen molar-refractivity contribution in [1.82, 2.24) is 15.1 Å². The van der Waals surface area contributed by atoms with E-state index in [0.29, 0.717) is 0 Å². The van der Waals surface area contributed by atoms with Crippen molar-refractivity contribution in [3.05, 3.63) is 0 Å². The van der Waals surface area contributed by atoms with Gasteiger partial charge in [-0.1, -0.05) is 26.7 Å². The van der Waals surface area contributed by atoms with Gasteiger partial charge in [0.25, 0.3) is 0 Å². The Bertz CT molecular complexity index is 307. The quantitative estimate of drug-likeness (QED) is 0.317. The molecule has 124 valence electrons. The zero-order chi connectivity index (χ0) is 14.4. The summed E-state index contributed by atoms with van der Waals surface area (Å²) in [4.78, 5) is 9.42. The van der Waals surface area contributed by atoms with Gasteiger partial charge in [-0.25, -0.2) is 0 Å². The molecule has 0 atom stereocenters. The zero-order valence-electron chi connectivity index (χ0n) is 14.0. The SMILES string of the molecule is CN=C(NCCCC1CC1)N1CCN(CC(C)C)CC1.I. The molecule has 1 saturated heterocycles. The molecule has 5 heteroatoms. The number of hydrogen-bond acceptors (Lipinski definition) is 2. The Kier molecular flexibility index (Phi) is 8.94. The van der Waals surface area contributed by atoms with Crippen LogP contribution in [-0.2, 0) is 0 Å². The molecule has 0 bridgehead atoms. The molecule has 1 aliphatic heterocycles. The Balaban J connectivity index is 0.00000220. The fraction of sp³-hybridized carbons (Fsp3) is 0.938. The van der Waals surface area contributed by atoms with Crippen molar-refractivity contribution >= 4 is 29.9 Å². The summed E-state index contributed by atoms with van der Waals surface area (Å²) in [6.07, 6.45) is 5.61. The standard InChI is InChI=1S/C16H32N4.HI/c1-14(2)13-19-9-11-20(12-10-19)16(17-3)18-8-4-5-15-6-7-15;/h14-15H,4-13H2,1-3H3,(H,17,18);1H. The largest absolute Gasteiger partial charge is 0.356 e. The van der Waals surface area contributed by atoms with Crippen LogP contribution in [0.3, 0.4) is 0 Å². The van der Waals surface area contributed by atoms with Crippen molar-refractivity contribution in [3.63, 3.8) is 0 Å². The summed E-state index contributed by atoms with van der Waals surface area (Å²) in [6, 6.07) is 0. The van der Waals surface area contributed by atoms with Crippen molar-refractivity contribution in [3.8, 4) is 0 Å². The van der Waals surface area contributed by atoms with E-state index in [0.717, 1.165) is 37.4 Å². The van der Waals surface area contributed by atoms with Gasteiger partial charge in [-0.2, -0.15) is 0 Å². The number of piperazine rings is 1. The first-order valence-corrected chi connectivity index (χ1v) is 8.37. The van der Waals surface area contributed by atoms with E-state index in [1.54, 1.807) is 0 Å². The van der Waals surface area contributed by atoms with Crippen molar-refractivity contribution in [2.45, 2.75) is 39.5 Å². The second-order valence-electron chi connectivity index (χ2n) is 6.74. The van der Waals surface area contributed by atoms with Crippen LogP contribution in [-0.4, -0.2) is 62.1 Å². The number of hydrogen-bond donors (Lipinski definition) is 1. The molecule has 1 N–H and O–H groups in total. The van der Waals surface area contributed by atoms with Gasteiger partial charge in [-0.15, -0.1) is 24.0 Å². The third-order valence-electron chi connectivity index (χ3n) is 4.28. The van der Waals surface area contributed by atoms with Crippen LogP contribution in [0.15, 0.2) is 4.99 Å². The molecule has 2 rings (SSSR count). The molecule has 21 heavy (non-hydrogen) atoms. The second-order valence-corrected chi connectivity index (χ2v) is 6.74. The number of aliphatic imine (C=N–C) groups is 1. The lowest BCUT2D eigenvalue weighted by molar-refractivity contribution is 0.164. The molecule has 1 aliphatic carbocycles. The first-order chi connectivity index (χ1) is 9.69. The van der Waals surface area contributed by atoms with Gasteiger partial charge in [-0.05, 0) is 24.7 Å². The molecule has 0 spiro atoms. The number of halogens is 1. The smallest absolute Gasteiger partial charge is 0.193 e. The van der Waals surface area contributed by atoms with E-state index in [9.17, 15) is 0 Å². The van der Waals surface area contributed by atoms with E-state index in [2.05, 4.69) is 34.0 Å². The minimum Gasteiger partial charge on any atom is -0.356 e. The van der Waals surface area contributed by atoms with Gasteiger partial charge < -0.3 is 10.2 Å². The molecule has 0 aromatic rings. The Hall–Kier alpha value is -0.0400. The van der Waals surface area contributed by atoms with Crippen molar-refractivity contribution in [1.29, 1.82) is 0 Å². The van der Waals surface area contributed by atoms with Gasteiger partial charge in [0.1, 0.15) is 0 Å². The number of rotatable bonds is 6. The summed E-state index contributed by atoms with van der Waals surface area (Å²) in [6.45, 7) is 11.4. The van der Waals surface area contributed by atoms with E-state index >= 15 is 0 Å². The van der Waals surface area contributed by atoms with Crippen LogP contribution in [0.4, 0.5) is 0 Å². The zero-order valence-corrected chi connectivity index (χ0v) is 16.3. The van der Waals surface area contributed by atoms with E-state index in [1.807, 2.05) is 7.05 Å². The molecule has 0 aromatic carbocycles. The van der Waals surface area contributed by atoms with E-state index in [-0.39, 0.29) is 24.0 Å². The predicted molar refractivity (Wildman–Crippen MR) is 102 cm³/mol. The Morgan fingerprint density at radius 3 is 2.38 bits per heavy atom. The fourth-order valence-electron chi connectivity index (χ4n) is 2.99. The Morgan fingerprint density at radius 2 is 1.86 bits per heavy atom. The topological polar surface area (TPSA) is 30.9 Å². The Labute approximate surface area is 147 Å². The number of guanidine groups is 1. The maximum Gasteiger partial charge on any atom is 0.193 e. The lowest BCUT2D eigenvalue weighted by Gasteiger charge is -2.37. The molecule has 0 unspecified atom stereocenters. The van der Waals surface area contributed by atoms with Gasteiger partial charge in [0, 0.05) is 46.3 Å². The first-order valence-electron chi connectivity index (χ1n) is 8.37. The maximum atomic E-state index is 4.44. The molecular weight excluding hydrogens is 375 g/mol. The van der Waals surface area contributed by atoms with Crippen molar-refractivity contribution < 1.29 is 0 Å². The molecule has 1 heterocycles. The molecule has 0 aromatic heterocycles. The first kappa shape index (κ1) is 19.0. The van der Waals surface area contributed by atoms with Crippen LogP contribution in [0.5, 0.6) is 0 Å². The fourth-order valence-corrected chi connectivity index (χ4v) is 2.99. The maximum absolute atomic E-state index is 4.44. The number of nitrogens with zero attached hydrogens (tertiary/aromatic N) is 3. The summed E-state index contributed by atoms with van der Waals surface area (Å²) in [5, 5.41) is 3.54. The summed E-state index contributed by atoms with van der Waals surface area (Å²) in [7, 11) is 1.91. The number of nitrogens with one attached hydrogen (secondary N) is 1. The van der Waals surface area contributed by atoms with Gasteiger partial charge in [0.2, 0.25) is 0 Å².